The smallest absolute Gasteiger partial charge is 0.262 e. The van der Waals surface area contributed by atoms with Crippen molar-refractivity contribution in [2.75, 3.05) is 26.2 Å². The zero-order valence-electron chi connectivity index (χ0n) is 14.4. The van der Waals surface area contributed by atoms with Crippen LogP contribution in [0.4, 0.5) is 0 Å². The molecule has 1 aromatic heterocycles. The van der Waals surface area contributed by atoms with E-state index in [1.165, 1.54) is 0 Å². The fourth-order valence-electron chi connectivity index (χ4n) is 3.28. The fraction of sp³-hybridized carbons (Fsp3) is 0.250. The third kappa shape index (κ3) is 3.23. The largest absolute Gasteiger partial charge is 0.336 e. The van der Waals surface area contributed by atoms with Gasteiger partial charge in [-0.05, 0) is 24.3 Å². The standard InChI is InChI=1S/C20H20N4O2/c25-19(16-6-2-1-3-7-16)23-12-10-22(11-13-23)15-24-14-21-18-9-5-4-8-17(18)20(24)26/h1-9,14H,10-13,15H2. The molecule has 1 amide bonds. The van der Waals surface area contributed by atoms with Crippen LogP contribution in [0.5, 0.6) is 0 Å². The number of fused-ring (bicyclic) bond motifs is 1. The molecule has 0 N–H and O–H groups in total. The minimum Gasteiger partial charge on any atom is -0.336 e. The quantitative estimate of drug-likeness (QED) is 0.724. The molecule has 0 radical (unpaired) electrons. The molecule has 0 bridgehead atoms. The summed E-state index contributed by atoms with van der Waals surface area (Å²) in [6, 6.07) is 16.7. The number of hydrogen-bond acceptors (Lipinski definition) is 4. The lowest BCUT2D eigenvalue weighted by atomic mass is 10.2. The molecule has 0 saturated carbocycles. The van der Waals surface area contributed by atoms with E-state index in [0.717, 1.165) is 18.7 Å². The number of aromatic nitrogens is 2. The summed E-state index contributed by atoms with van der Waals surface area (Å²) in [6.07, 6.45) is 1.60. The summed E-state index contributed by atoms with van der Waals surface area (Å²) in [5, 5.41) is 0.632. The number of nitrogens with zero attached hydrogens (tertiary/aromatic N) is 4. The van der Waals surface area contributed by atoms with Gasteiger partial charge in [0, 0.05) is 31.7 Å². The Morgan fingerprint density at radius 3 is 2.38 bits per heavy atom. The number of rotatable bonds is 3. The van der Waals surface area contributed by atoms with Crippen molar-refractivity contribution in [2.45, 2.75) is 6.67 Å². The summed E-state index contributed by atoms with van der Waals surface area (Å²) < 4.78 is 1.64. The van der Waals surface area contributed by atoms with E-state index in [0.29, 0.717) is 30.7 Å². The van der Waals surface area contributed by atoms with E-state index in [9.17, 15) is 9.59 Å². The number of carbonyl (C=O) groups excluding carboxylic acids is 1. The lowest BCUT2D eigenvalue weighted by Crippen LogP contribution is -2.49. The number of carbonyl (C=O) groups is 1. The van der Waals surface area contributed by atoms with Crippen LogP contribution in [0.1, 0.15) is 10.4 Å². The molecule has 1 aliphatic rings. The topological polar surface area (TPSA) is 58.4 Å². The van der Waals surface area contributed by atoms with Gasteiger partial charge in [-0.3, -0.25) is 19.1 Å². The number of benzene rings is 2. The highest BCUT2D eigenvalue weighted by Gasteiger charge is 2.22. The molecule has 0 aliphatic carbocycles. The first-order chi connectivity index (χ1) is 12.7. The van der Waals surface area contributed by atoms with Gasteiger partial charge in [-0.2, -0.15) is 0 Å². The van der Waals surface area contributed by atoms with Crippen molar-refractivity contribution in [1.82, 2.24) is 19.4 Å². The van der Waals surface area contributed by atoms with Gasteiger partial charge in [0.1, 0.15) is 0 Å². The Labute approximate surface area is 151 Å². The van der Waals surface area contributed by atoms with Crippen molar-refractivity contribution in [2.24, 2.45) is 0 Å². The number of piperazine rings is 1. The molecular formula is C20H20N4O2. The van der Waals surface area contributed by atoms with Crippen LogP contribution in [0.2, 0.25) is 0 Å². The predicted molar refractivity (Wildman–Crippen MR) is 99.9 cm³/mol. The normalized spacial score (nSPS) is 15.3. The summed E-state index contributed by atoms with van der Waals surface area (Å²) in [4.78, 5) is 33.5. The molecule has 1 fully saturated rings. The Morgan fingerprint density at radius 2 is 1.62 bits per heavy atom. The molecule has 26 heavy (non-hydrogen) atoms. The van der Waals surface area contributed by atoms with Crippen molar-refractivity contribution in [3.8, 4) is 0 Å². The fourth-order valence-corrected chi connectivity index (χ4v) is 3.28. The SMILES string of the molecule is O=C(c1ccccc1)N1CCN(Cn2cnc3ccccc3c2=O)CC1. The van der Waals surface area contributed by atoms with Crippen molar-refractivity contribution in [3.05, 3.63) is 76.8 Å². The van der Waals surface area contributed by atoms with Gasteiger partial charge in [-0.15, -0.1) is 0 Å². The second-order valence-electron chi connectivity index (χ2n) is 6.45. The highest BCUT2D eigenvalue weighted by atomic mass is 16.2. The molecule has 6 nitrogen and oxygen atoms in total. The molecule has 1 saturated heterocycles. The molecule has 4 rings (SSSR count). The van der Waals surface area contributed by atoms with E-state index >= 15 is 0 Å². The summed E-state index contributed by atoms with van der Waals surface area (Å²) >= 11 is 0. The minimum absolute atomic E-state index is 0.0293. The molecule has 0 atom stereocenters. The third-order valence-corrected chi connectivity index (χ3v) is 4.76. The van der Waals surface area contributed by atoms with E-state index in [1.807, 2.05) is 53.4 Å². The maximum atomic E-state index is 12.6. The van der Waals surface area contributed by atoms with Crippen LogP contribution in [0.15, 0.2) is 65.7 Å². The highest BCUT2D eigenvalue weighted by molar-refractivity contribution is 5.94. The third-order valence-electron chi connectivity index (χ3n) is 4.76. The Morgan fingerprint density at radius 1 is 0.923 bits per heavy atom. The lowest BCUT2D eigenvalue weighted by Gasteiger charge is -2.34. The molecule has 2 heterocycles. The maximum Gasteiger partial charge on any atom is 0.262 e. The van der Waals surface area contributed by atoms with Crippen molar-refractivity contribution in [1.29, 1.82) is 0 Å². The summed E-state index contributed by atoms with van der Waals surface area (Å²) in [5.41, 5.74) is 1.40. The van der Waals surface area contributed by atoms with E-state index in [-0.39, 0.29) is 11.5 Å². The number of amides is 1. The molecule has 0 unspecified atom stereocenters. The molecule has 132 valence electrons. The average molecular weight is 348 g/mol. The molecule has 1 aliphatic heterocycles. The minimum atomic E-state index is -0.0293. The first-order valence-corrected chi connectivity index (χ1v) is 8.73. The second kappa shape index (κ2) is 7.09. The Hall–Kier alpha value is -2.99. The lowest BCUT2D eigenvalue weighted by molar-refractivity contribution is 0.0592. The second-order valence-corrected chi connectivity index (χ2v) is 6.45. The van der Waals surface area contributed by atoms with Crippen molar-refractivity contribution < 1.29 is 4.79 Å². The van der Waals surface area contributed by atoms with Crippen LogP contribution in [0.25, 0.3) is 10.9 Å². The van der Waals surface area contributed by atoms with E-state index < -0.39 is 0 Å². The van der Waals surface area contributed by atoms with Gasteiger partial charge in [0.05, 0.1) is 23.9 Å². The molecular weight excluding hydrogens is 328 g/mol. The van der Waals surface area contributed by atoms with Gasteiger partial charge in [-0.25, -0.2) is 4.98 Å². The van der Waals surface area contributed by atoms with Gasteiger partial charge in [0.25, 0.3) is 11.5 Å². The zero-order chi connectivity index (χ0) is 17.9. The number of hydrogen-bond donors (Lipinski definition) is 0. The Balaban J connectivity index is 1.42. The zero-order valence-corrected chi connectivity index (χ0v) is 14.4. The van der Waals surface area contributed by atoms with Crippen molar-refractivity contribution >= 4 is 16.8 Å². The van der Waals surface area contributed by atoms with Crippen LogP contribution in [-0.2, 0) is 6.67 Å². The van der Waals surface area contributed by atoms with Crippen molar-refractivity contribution in [3.63, 3.8) is 0 Å². The molecule has 0 spiro atoms. The monoisotopic (exact) mass is 348 g/mol. The summed E-state index contributed by atoms with van der Waals surface area (Å²) in [6.45, 7) is 3.27. The van der Waals surface area contributed by atoms with Crippen LogP contribution in [-0.4, -0.2) is 51.4 Å². The molecule has 3 aromatic rings. The van der Waals surface area contributed by atoms with Crippen LogP contribution in [0, 0.1) is 0 Å². The molecule has 6 heteroatoms. The van der Waals surface area contributed by atoms with Crippen LogP contribution >= 0.6 is 0 Å². The Bertz CT molecular complexity index is 976. The van der Waals surface area contributed by atoms with Gasteiger partial charge in [0.2, 0.25) is 0 Å². The highest BCUT2D eigenvalue weighted by Crippen LogP contribution is 2.10. The Kier molecular flexibility index (Phi) is 4.50. The summed E-state index contributed by atoms with van der Waals surface area (Å²) in [7, 11) is 0. The van der Waals surface area contributed by atoms with Crippen LogP contribution < -0.4 is 5.56 Å². The van der Waals surface area contributed by atoms with Crippen LogP contribution in [0.3, 0.4) is 0 Å². The van der Waals surface area contributed by atoms with E-state index in [4.69, 9.17) is 0 Å². The van der Waals surface area contributed by atoms with Gasteiger partial charge < -0.3 is 4.90 Å². The predicted octanol–water partition coefficient (Wildman–Crippen LogP) is 1.81. The first-order valence-electron chi connectivity index (χ1n) is 8.73. The van der Waals surface area contributed by atoms with E-state index in [2.05, 4.69) is 9.88 Å². The molecule has 2 aromatic carbocycles. The summed E-state index contributed by atoms with van der Waals surface area (Å²) in [5.74, 6) is 0.0646. The van der Waals surface area contributed by atoms with Gasteiger partial charge >= 0.3 is 0 Å². The van der Waals surface area contributed by atoms with E-state index in [1.54, 1.807) is 17.0 Å². The first kappa shape index (κ1) is 16.5. The average Bonchev–Trinajstić information content (AvgIpc) is 2.71. The number of para-hydroxylation sites is 1. The maximum absolute atomic E-state index is 12.6. The van der Waals surface area contributed by atoms with Gasteiger partial charge in [0.15, 0.2) is 0 Å². The van der Waals surface area contributed by atoms with Gasteiger partial charge in [-0.1, -0.05) is 30.3 Å².